The van der Waals surface area contributed by atoms with Crippen LogP contribution in [-0.4, -0.2) is 38.0 Å². The third-order valence-electron chi connectivity index (χ3n) is 3.37. The average Bonchev–Trinajstić information content (AvgIpc) is 3.02. The molecule has 0 aromatic carbocycles. The summed E-state index contributed by atoms with van der Waals surface area (Å²) in [4.78, 5) is 25.8. The van der Waals surface area contributed by atoms with Crippen LogP contribution in [-0.2, 0) is 6.54 Å². The number of hydrogen-bond acceptors (Lipinski definition) is 7. The van der Waals surface area contributed by atoms with Gasteiger partial charge in [0, 0.05) is 36.8 Å². The number of aryl methyl sites for hydroxylation is 1. The fourth-order valence-corrected chi connectivity index (χ4v) is 2.25. The van der Waals surface area contributed by atoms with E-state index in [-0.39, 0.29) is 24.1 Å². The fourth-order valence-electron chi connectivity index (χ4n) is 2.25. The summed E-state index contributed by atoms with van der Waals surface area (Å²) in [5.41, 5.74) is 8.06. The zero-order chi connectivity index (χ0) is 17.1. The van der Waals surface area contributed by atoms with Crippen molar-refractivity contribution in [1.82, 2.24) is 25.0 Å². The van der Waals surface area contributed by atoms with E-state index in [4.69, 9.17) is 10.3 Å². The van der Waals surface area contributed by atoms with Crippen LogP contribution < -0.4 is 5.73 Å². The van der Waals surface area contributed by atoms with Crippen LogP contribution in [0.1, 0.15) is 21.9 Å². The maximum absolute atomic E-state index is 12.4. The molecule has 0 bridgehead atoms. The molecule has 0 spiro atoms. The summed E-state index contributed by atoms with van der Waals surface area (Å²) in [6, 6.07) is 7.06. The quantitative estimate of drug-likeness (QED) is 0.777. The number of carbonyl (C=O) groups excluding carboxylic acids is 1. The Hall–Kier alpha value is -3.29. The number of nitrogens with zero attached hydrogens (tertiary/aromatic N) is 5. The average molecular weight is 324 g/mol. The SMILES string of the molecule is Cc1cc(C(=O)N(C)Cc2cc(-c3ccncc3)no2)nc(N)n1. The van der Waals surface area contributed by atoms with E-state index in [9.17, 15) is 4.79 Å². The number of nitrogen functional groups attached to an aromatic ring is 1. The highest BCUT2D eigenvalue weighted by Gasteiger charge is 2.17. The molecule has 24 heavy (non-hydrogen) atoms. The summed E-state index contributed by atoms with van der Waals surface area (Å²) in [6.07, 6.45) is 3.36. The number of nitrogens with two attached hydrogens (primary N) is 1. The van der Waals surface area contributed by atoms with Gasteiger partial charge >= 0.3 is 0 Å². The summed E-state index contributed by atoms with van der Waals surface area (Å²) in [6.45, 7) is 2.02. The molecule has 0 aliphatic carbocycles. The molecule has 122 valence electrons. The van der Waals surface area contributed by atoms with E-state index in [0.717, 1.165) is 5.56 Å². The molecule has 0 atom stereocenters. The summed E-state index contributed by atoms with van der Waals surface area (Å²) in [7, 11) is 1.66. The van der Waals surface area contributed by atoms with Crippen molar-refractivity contribution in [3.63, 3.8) is 0 Å². The third kappa shape index (κ3) is 3.37. The van der Waals surface area contributed by atoms with Crippen LogP contribution in [0.5, 0.6) is 0 Å². The van der Waals surface area contributed by atoms with E-state index in [2.05, 4.69) is 20.1 Å². The first-order valence-corrected chi connectivity index (χ1v) is 7.25. The van der Waals surface area contributed by atoms with Gasteiger partial charge in [-0.15, -0.1) is 0 Å². The molecule has 0 radical (unpaired) electrons. The second-order valence-corrected chi connectivity index (χ2v) is 5.33. The molecule has 0 aliphatic heterocycles. The summed E-state index contributed by atoms with van der Waals surface area (Å²) >= 11 is 0. The number of anilines is 1. The third-order valence-corrected chi connectivity index (χ3v) is 3.37. The molecule has 0 aliphatic rings. The maximum Gasteiger partial charge on any atom is 0.272 e. The van der Waals surface area contributed by atoms with Gasteiger partial charge in [-0.2, -0.15) is 0 Å². The van der Waals surface area contributed by atoms with E-state index in [1.54, 1.807) is 38.5 Å². The minimum Gasteiger partial charge on any atom is -0.368 e. The van der Waals surface area contributed by atoms with Gasteiger partial charge in [-0.1, -0.05) is 5.16 Å². The first kappa shape index (κ1) is 15.6. The van der Waals surface area contributed by atoms with E-state index < -0.39 is 0 Å². The van der Waals surface area contributed by atoms with Crippen LogP contribution in [0.25, 0.3) is 11.3 Å². The lowest BCUT2D eigenvalue weighted by Crippen LogP contribution is -2.27. The molecule has 0 fully saturated rings. The molecule has 2 N–H and O–H groups in total. The second-order valence-electron chi connectivity index (χ2n) is 5.33. The first-order valence-electron chi connectivity index (χ1n) is 7.25. The number of amides is 1. The molecule has 0 saturated heterocycles. The Labute approximate surface area is 138 Å². The van der Waals surface area contributed by atoms with Crippen molar-refractivity contribution < 1.29 is 9.32 Å². The predicted molar refractivity (Wildman–Crippen MR) is 86.7 cm³/mol. The van der Waals surface area contributed by atoms with Crippen molar-refractivity contribution in [2.24, 2.45) is 0 Å². The summed E-state index contributed by atoms with van der Waals surface area (Å²) in [5, 5.41) is 4.01. The van der Waals surface area contributed by atoms with E-state index in [1.165, 1.54) is 4.90 Å². The Balaban J connectivity index is 1.74. The fraction of sp³-hybridized carbons (Fsp3) is 0.188. The van der Waals surface area contributed by atoms with E-state index in [1.807, 2.05) is 12.1 Å². The van der Waals surface area contributed by atoms with Crippen molar-refractivity contribution in [2.45, 2.75) is 13.5 Å². The van der Waals surface area contributed by atoms with Gasteiger partial charge in [0.15, 0.2) is 5.76 Å². The van der Waals surface area contributed by atoms with Crippen molar-refractivity contribution >= 4 is 11.9 Å². The standard InChI is InChI=1S/C16H16N6O2/c1-10-7-14(20-16(17)19-10)15(23)22(2)9-12-8-13(21-24-12)11-3-5-18-6-4-11/h3-8H,9H2,1-2H3,(H2,17,19,20). The lowest BCUT2D eigenvalue weighted by atomic mass is 10.2. The van der Waals surface area contributed by atoms with Gasteiger partial charge in [0.1, 0.15) is 11.4 Å². The topological polar surface area (TPSA) is 111 Å². The zero-order valence-electron chi connectivity index (χ0n) is 13.3. The molecular formula is C16H16N6O2. The van der Waals surface area contributed by atoms with Gasteiger partial charge in [-0.25, -0.2) is 9.97 Å². The molecule has 3 aromatic heterocycles. The van der Waals surface area contributed by atoms with Crippen molar-refractivity contribution in [2.75, 3.05) is 12.8 Å². The van der Waals surface area contributed by atoms with Crippen molar-refractivity contribution in [3.8, 4) is 11.3 Å². The van der Waals surface area contributed by atoms with Crippen LogP contribution in [0.15, 0.2) is 41.2 Å². The lowest BCUT2D eigenvalue weighted by molar-refractivity contribution is 0.0766. The Morgan fingerprint density at radius 2 is 2.00 bits per heavy atom. The zero-order valence-corrected chi connectivity index (χ0v) is 13.3. The Bertz CT molecular complexity index is 842. The number of aromatic nitrogens is 4. The lowest BCUT2D eigenvalue weighted by Gasteiger charge is -2.15. The van der Waals surface area contributed by atoms with E-state index >= 15 is 0 Å². The smallest absolute Gasteiger partial charge is 0.272 e. The number of carbonyl (C=O) groups is 1. The molecule has 3 aromatic rings. The van der Waals surface area contributed by atoms with Crippen LogP contribution >= 0.6 is 0 Å². The molecule has 3 rings (SSSR count). The first-order chi connectivity index (χ1) is 11.5. The molecule has 1 amide bonds. The highest BCUT2D eigenvalue weighted by molar-refractivity contribution is 5.92. The van der Waals surface area contributed by atoms with Crippen LogP contribution in [0, 0.1) is 6.92 Å². The second kappa shape index (κ2) is 6.45. The van der Waals surface area contributed by atoms with Gasteiger partial charge in [-0.05, 0) is 25.1 Å². The molecule has 8 nitrogen and oxygen atoms in total. The Kier molecular flexibility index (Phi) is 4.19. The molecule has 3 heterocycles. The normalized spacial score (nSPS) is 10.6. The van der Waals surface area contributed by atoms with Gasteiger partial charge in [-0.3, -0.25) is 9.78 Å². The van der Waals surface area contributed by atoms with Gasteiger partial charge < -0.3 is 15.2 Å². The maximum atomic E-state index is 12.4. The monoisotopic (exact) mass is 324 g/mol. The molecular weight excluding hydrogens is 308 g/mol. The number of rotatable bonds is 4. The van der Waals surface area contributed by atoms with Gasteiger partial charge in [0.2, 0.25) is 5.95 Å². The number of hydrogen-bond donors (Lipinski definition) is 1. The number of pyridine rings is 1. The minimum atomic E-state index is -0.269. The van der Waals surface area contributed by atoms with Crippen LogP contribution in [0.2, 0.25) is 0 Å². The summed E-state index contributed by atoms with van der Waals surface area (Å²) < 4.78 is 5.30. The Morgan fingerprint density at radius 3 is 2.71 bits per heavy atom. The van der Waals surface area contributed by atoms with Gasteiger partial charge in [0.25, 0.3) is 5.91 Å². The molecule has 0 unspecified atom stereocenters. The van der Waals surface area contributed by atoms with Gasteiger partial charge in [0.05, 0.1) is 6.54 Å². The van der Waals surface area contributed by atoms with Crippen molar-refractivity contribution in [3.05, 3.63) is 53.8 Å². The predicted octanol–water partition coefficient (Wildman–Crippen LogP) is 1.69. The van der Waals surface area contributed by atoms with Crippen molar-refractivity contribution in [1.29, 1.82) is 0 Å². The van der Waals surface area contributed by atoms with Crippen LogP contribution in [0.3, 0.4) is 0 Å². The highest BCUT2D eigenvalue weighted by atomic mass is 16.5. The molecule has 8 heteroatoms. The largest absolute Gasteiger partial charge is 0.368 e. The molecule has 0 saturated carbocycles. The van der Waals surface area contributed by atoms with Crippen LogP contribution in [0.4, 0.5) is 5.95 Å². The summed E-state index contributed by atoms with van der Waals surface area (Å²) in [5.74, 6) is 0.372. The van der Waals surface area contributed by atoms with E-state index in [0.29, 0.717) is 17.1 Å². The Morgan fingerprint density at radius 1 is 1.25 bits per heavy atom. The minimum absolute atomic E-state index is 0.0754. The highest BCUT2D eigenvalue weighted by Crippen LogP contribution is 2.19.